The van der Waals surface area contributed by atoms with Gasteiger partial charge in [0.25, 0.3) is 0 Å². The number of hydrogen-bond donors (Lipinski definition) is 1. The maximum atomic E-state index is 10.1. The van der Waals surface area contributed by atoms with Crippen LogP contribution >= 0.6 is 0 Å². The van der Waals surface area contributed by atoms with Crippen molar-refractivity contribution in [2.75, 3.05) is 6.54 Å². The number of nitrogens with zero attached hydrogens (tertiary/aromatic N) is 1. The van der Waals surface area contributed by atoms with Gasteiger partial charge in [-0.05, 0) is 25.5 Å². The third-order valence-corrected chi connectivity index (χ3v) is 1.82. The van der Waals surface area contributed by atoms with Gasteiger partial charge in [0.2, 0.25) is 6.54 Å². The highest BCUT2D eigenvalue weighted by atomic mass is 16.6. The molecule has 1 N–H and O–H groups in total. The van der Waals surface area contributed by atoms with Crippen molar-refractivity contribution < 1.29 is 4.92 Å². The Hall–Kier alpha value is -1.32. The average molecular weight is 168 g/mol. The molecule has 0 atom stereocenters. The molecule has 0 aliphatic carbocycles. The molecule has 0 saturated heterocycles. The molecule has 1 aromatic rings. The number of rotatable bonds is 3. The first kappa shape index (κ1) is 8.77. The largest absolute Gasteiger partial charge is 0.362 e. The van der Waals surface area contributed by atoms with Crippen LogP contribution in [0, 0.1) is 24.0 Å². The van der Waals surface area contributed by atoms with E-state index < -0.39 is 0 Å². The van der Waals surface area contributed by atoms with Crippen molar-refractivity contribution in [2.45, 2.75) is 20.3 Å². The minimum Gasteiger partial charge on any atom is -0.362 e. The molecule has 1 rings (SSSR count). The van der Waals surface area contributed by atoms with Crippen LogP contribution < -0.4 is 0 Å². The number of aromatic amines is 1. The minimum atomic E-state index is -0.290. The van der Waals surface area contributed by atoms with Crippen LogP contribution in [0.3, 0.4) is 0 Å². The van der Waals surface area contributed by atoms with E-state index in [1.54, 1.807) is 0 Å². The summed E-state index contributed by atoms with van der Waals surface area (Å²) in [6, 6.07) is 1.96. The molecule has 66 valence electrons. The van der Waals surface area contributed by atoms with Crippen LogP contribution in [-0.4, -0.2) is 16.5 Å². The predicted molar refractivity (Wildman–Crippen MR) is 45.8 cm³/mol. The third kappa shape index (κ3) is 2.08. The van der Waals surface area contributed by atoms with Crippen molar-refractivity contribution in [1.82, 2.24) is 4.98 Å². The molecule has 0 amide bonds. The quantitative estimate of drug-likeness (QED) is 0.548. The zero-order valence-electron chi connectivity index (χ0n) is 7.26. The summed E-state index contributed by atoms with van der Waals surface area (Å²) in [4.78, 5) is 12.9. The van der Waals surface area contributed by atoms with Crippen LogP contribution in [0.25, 0.3) is 0 Å². The lowest BCUT2D eigenvalue weighted by Crippen LogP contribution is -2.03. The molecule has 0 spiro atoms. The van der Waals surface area contributed by atoms with Crippen molar-refractivity contribution in [2.24, 2.45) is 0 Å². The topological polar surface area (TPSA) is 58.9 Å². The zero-order chi connectivity index (χ0) is 9.14. The maximum absolute atomic E-state index is 10.1. The molecule has 0 fully saturated rings. The Bertz CT molecular complexity index is 291. The number of hydrogen-bond acceptors (Lipinski definition) is 2. The summed E-state index contributed by atoms with van der Waals surface area (Å²) in [5.74, 6) is 0. The van der Waals surface area contributed by atoms with Crippen molar-refractivity contribution in [3.8, 4) is 0 Å². The van der Waals surface area contributed by atoms with Gasteiger partial charge in [0.15, 0.2) is 0 Å². The Morgan fingerprint density at radius 3 is 2.67 bits per heavy atom. The summed E-state index contributed by atoms with van der Waals surface area (Å²) < 4.78 is 0. The molecule has 0 bridgehead atoms. The summed E-state index contributed by atoms with van der Waals surface area (Å²) >= 11 is 0. The van der Waals surface area contributed by atoms with Crippen molar-refractivity contribution in [3.63, 3.8) is 0 Å². The van der Waals surface area contributed by atoms with Crippen molar-refractivity contribution >= 4 is 0 Å². The SMILES string of the molecule is Cc1cc(CC[N+](=O)[O-])c(C)[nH]1. The monoisotopic (exact) mass is 168 g/mol. The molecule has 0 aliphatic rings. The van der Waals surface area contributed by atoms with Gasteiger partial charge in [-0.2, -0.15) is 0 Å². The fourth-order valence-electron chi connectivity index (χ4n) is 1.25. The van der Waals surface area contributed by atoms with Gasteiger partial charge >= 0.3 is 0 Å². The second-order valence-corrected chi connectivity index (χ2v) is 2.91. The Morgan fingerprint density at radius 1 is 1.58 bits per heavy atom. The summed E-state index contributed by atoms with van der Waals surface area (Å²) in [6.07, 6.45) is 0.517. The molecule has 0 unspecified atom stereocenters. The van der Waals surface area contributed by atoms with E-state index in [9.17, 15) is 10.1 Å². The molecule has 0 aliphatic heterocycles. The van der Waals surface area contributed by atoms with E-state index in [0.717, 1.165) is 17.0 Å². The van der Waals surface area contributed by atoms with Gasteiger partial charge in [0, 0.05) is 22.7 Å². The highest BCUT2D eigenvalue weighted by molar-refractivity contribution is 5.24. The van der Waals surface area contributed by atoms with Crippen LogP contribution in [0.1, 0.15) is 17.0 Å². The van der Waals surface area contributed by atoms with E-state index in [2.05, 4.69) is 4.98 Å². The molecular formula is C8H12N2O2. The Balaban J connectivity index is 2.62. The lowest BCUT2D eigenvalue weighted by atomic mass is 10.2. The first-order chi connectivity index (χ1) is 5.59. The first-order valence-electron chi connectivity index (χ1n) is 3.86. The van der Waals surface area contributed by atoms with E-state index in [4.69, 9.17) is 0 Å². The van der Waals surface area contributed by atoms with E-state index in [0.29, 0.717) is 6.42 Å². The van der Waals surface area contributed by atoms with Crippen molar-refractivity contribution in [1.29, 1.82) is 0 Å². The summed E-state index contributed by atoms with van der Waals surface area (Å²) in [6.45, 7) is 3.89. The van der Waals surface area contributed by atoms with E-state index in [-0.39, 0.29) is 11.5 Å². The summed E-state index contributed by atoms with van der Waals surface area (Å²) in [5, 5.41) is 10.1. The van der Waals surface area contributed by atoms with E-state index in [1.807, 2.05) is 19.9 Å². The van der Waals surface area contributed by atoms with Gasteiger partial charge in [-0.3, -0.25) is 10.1 Å². The van der Waals surface area contributed by atoms with Crippen LogP contribution in [0.4, 0.5) is 0 Å². The molecule has 0 radical (unpaired) electrons. The predicted octanol–water partition coefficient (Wildman–Crippen LogP) is 1.45. The molecule has 0 aromatic carbocycles. The van der Waals surface area contributed by atoms with Crippen molar-refractivity contribution in [3.05, 3.63) is 33.1 Å². The second-order valence-electron chi connectivity index (χ2n) is 2.91. The van der Waals surface area contributed by atoms with E-state index >= 15 is 0 Å². The van der Waals surface area contributed by atoms with Crippen LogP contribution in [0.5, 0.6) is 0 Å². The normalized spacial score (nSPS) is 10.2. The number of nitrogens with one attached hydrogen (secondary N) is 1. The fourth-order valence-corrected chi connectivity index (χ4v) is 1.25. The minimum absolute atomic E-state index is 0.0120. The molecule has 4 heteroatoms. The molecule has 0 saturated carbocycles. The third-order valence-electron chi connectivity index (χ3n) is 1.82. The zero-order valence-corrected chi connectivity index (χ0v) is 7.26. The maximum Gasteiger partial charge on any atom is 0.207 e. The van der Waals surface area contributed by atoms with Gasteiger partial charge in [-0.15, -0.1) is 0 Å². The molecular weight excluding hydrogens is 156 g/mol. The summed E-state index contributed by atoms with van der Waals surface area (Å²) in [5.41, 5.74) is 3.14. The Kier molecular flexibility index (Phi) is 2.47. The highest BCUT2D eigenvalue weighted by Gasteiger charge is 2.04. The number of nitro groups is 1. The van der Waals surface area contributed by atoms with Crippen LogP contribution in [0.15, 0.2) is 6.07 Å². The molecule has 12 heavy (non-hydrogen) atoms. The molecule has 1 heterocycles. The highest BCUT2D eigenvalue weighted by Crippen LogP contribution is 2.09. The van der Waals surface area contributed by atoms with Crippen LogP contribution in [-0.2, 0) is 6.42 Å². The first-order valence-corrected chi connectivity index (χ1v) is 3.86. The fraction of sp³-hybridized carbons (Fsp3) is 0.500. The number of H-pyrrole nitrogens is 1. The number of aryl methyl sites for hydroxylation is 2. The van der Waals surface area contributed by atoms with Gasteiger partial charge in [-0.1, -0.05) is 0 Å². The lowest BCUT2D eigenvalue weighted by molar-refractivity contribution is -0.479. The Morgan fingerprint density at radius 2 is 2.25 bits per heavy atom. The second kappa shape index (κ2) is 3.38. The van der Waals surface area contributed by atoms with Gasteiger partial charge in [0.05, 0.1) is 0 Å². The number of aromatic nitrogens is 1. The summed E-state index contributed by atoms with van der Waals surface area (Å²) in [7, 11) is 0. The van der Waals surface area contributed by atoms with Crippen LogP contribution in [0.2, 0.25) is 0 Å². The van der Waals surface area contributed by atoms with E-state index in [1.165, 1.54) is 0 Å². The lowest BCUT2D eigenvalue weighted by Gasteiger charge is -1.93. The molecule has 1 aromatic heterocycles. The van der Waals surface area contributed by atoms with Gasteiger partial charge in [0.1, 0.15) is 0 Å². The average Bonchev–Trinajstić information content (AvgIpc) is 2.26. The Labute approximate surface area is 70.8 Å². The van der Waals surface area contributed by atoms with Gasteiger partial charge in [-0.25, -0.2) is 0 Å². The molecule has 4 nitrogen and oxygen atoms in total. The standard InChI is InChI=1S/C8H12N2O2/c1-6-5-8(7(2)9-6)3-4-10(11)12/h5,9H,3-4H2,1-2H3. The smallest absolute Gasteiger partial charge is 0.207 e. The van der Waals surface area contributed by atoms with Gasteiger partial charge < -0.3 is 4.98 Å².